The summed E-state index contributed by atoms with van der Waals surface area (Å²) in [4.78, 5) is 4.18. The first-order chi connectivity index (χ1) is 4.97. The van der Waals surface area contributed by atoms with E-state index >= 15 is 0 Å². The van der Waals surface area contributed by atoms with Crippen molar-refractivity contribution in [1.29, 1.82) is 0 Å². The van der Waals surface area contributed by atoms with Gasteiger partial charge in [0.05, 0.1) is 5.52 Å². The summed E-state index contributed by atoms with van der Waals surface area (Å²) in [6.07, 6.45) is 1.81. The van der Waals surface area contributed by atoms with E-state index in [2.05, 4.69) is 17.1 Å². The fraction of sp³-hybridized carbons (Fsp3) is 0. The van der Waals surface area contributed by atoms with Crippen molar-refractivity contribution in [2.75, 3.05) is 0 Å². The summed E-state index contributed by atoms with van der Waals surface area (Å²) >= 11 is 0. The van der Waals surface area contributed by atoms with E-state index in [1.54, 1.807) is 0 Å². The van der Waals surface area contributed by atoms with E-state index in [0.717, 1.165) is 5.52 Å². The Hall–Kier alpha value is -0.630. The fourth-order valence-corrected chi connectivity index (χ4v) is 1.02. The molecule has 0 aliphatic heterocycles. The second-order valence-corrected chi connectivity index (χ2v) is 2.20. The summed E-state index contributed by atoms with van der Waals surface area (Å²) < 4.78 is 0. The Morgan fingerprint density at radius 2 is 1.64 bits per heavy atom. The molecular weight excluding hydrogens is 230 g/mol. The molecule has 0 fully saturated rings. The van der Waals surface area contributed by atoms with E-state index in [4.69, 9.17) is 0 Å². The number of rotatable bonds is 0. The first-order valence-corrected chi connectivity index (χ1v) is 3.26. The van der Waals surface area contributed by atoms with Gasteiger partial charge in [-0.05, 0) is 12.1 Å². The maximum Gasteiger partial charge on any atom is 1.00 e. The Balaban J connectivity index is 0.000000605. The molecule has 0 unspecified atom stereocenters. The molecule has 1 heterocycles. The summed E-state index contributed by atoms with van der Waals surface area (Å²) in [6.45, 7) is 0. The Morgan fingerprint density at radius 1 is 0.909 bits per heavy atom. The Bertz CT molecular complexity index is 281. The van der Waals surface area contributed by atoms with Crippen LogP contribution in [0.15, 0.2) is 42.6 Å². The Kier molecular flexibility index (Phi) is 2.83. The molecule has 0 saturated carbocycles. The van der Waals surface area contributed by atoms with Crippen molar-refractivity contribution in [3.8, 4) is 0 Å². The van der Waals surface area contributed by atoms with Crippen LogP contribution in [-0.2, 0) is 22.4 Å². The van der Waals surface area contributed by atoms with Crippen molar-refractivity contribution in [2.24, 2.45) is 0 Å². The minimum atomic E-state index is 0. The van der Waals surface area contributed by atoms with Crippen LogP contribution in [0.1, 0.15) is 0 Å². The molecule has 0 aliphatic rings. The molecule has 0 saturated heterocycles. The molecule has 1 aromatic heterocycles. The third-order valence-corrected chi connectivity index (χ3v) is 1.51. The van der Waals surface area contributed by atoms with E-state index < -0.39 is 0 Å². The molecular formula is C9H7AgN+. The van der Waals surface area contributed by atoms with E-state index in [1.165, 1.54) is 5.39 Å². The SMILES string of the molecule is [Ag+].c1ccc2ncccc2c1. The minimum Gasteiger partial charge on any atom is -0.256 e. The van der Waals surface area contributed by atoms with Gasteiger partial charge in [-0.3, -0.25) is 4.98 Å². The number of aromatic nitrogens is 1. The summed E-state index contributed by atoms with van der Waals surface area (Å²) in [5, 5.41) is 1.20. The van der Waals surface area contributed by atoms with Crippen LogP contribution in [0.2, 0.25) is 0 Å². The van der Waals surface area contributed by atoms with Crippen LogP contribution in [0.3, 0.4) is 0 Å². The monoisotopic (exact) mass is 236 g/mol. The minimum absolute atomic E-state index is 0. The third kappa shape index (κ3) is 1.69. The van der Waals surface area contributed by atoms with Crippen molar-refractivity contribution >= 4 is 10.9 Å². The normalized spacial score (nSPS) is 9.09. The van der Waals surface area contributed by atoms with Gasteiger partial charge in [0.2, 0.25) is 0 Å². The van der Waals surface area contributed by atoms with Gasteiger partial charge in [0.15, 0.2) is 0 Å². The van der Waals surface area contributed by atoms with Crippen LogP contribution in [0.25, 0.3) is 10.9 Å². The molecule has 2 rings (SSSR count). The first-order valence-electron chi connectivity index (χ1n) is 3.26. The summed E-state index contributed by atoms with van der Waals surface area (Å²) in [7, 11) is 0. The Morgan fingerprint density at radius 3 is 2.45 bits per heavy atom. The zero-order valence-corrected chi connectivity index (χ0v) is 7.27. The Labute approximate surface area is 81.0 Å². The molecule has 0 radical (unpaired) electrons. The number of hydrogen-bond acceptors (Lipinski definition) is 1. The number of hydrogen-bond donors (Lipinski definition) is 0. The standard InChI is InChI=1S/C9H7N.Ag/c1-2-6-9-8(4-1)5-3-7-10-9;/h1-7H;/q;+1. The molecule has 2 heteroatoms. The van der Waals surface area contributed by atoms with Crippen molar-refractivity contribution in [1.82, 2.24) is 4.98 Å². The van der Waals surface area contributed by atoms with Gasteiger partial charge in [-0.1, -0.05) is 24.3 Å². The second kappa shape index (κ2) is 3.67. The maximum atomic E-state index is 4.18. The molecule has 0 spiro atoms. The second-order valence-electron chi connectivity index (χ2n) is 2.20. The van der Waals surface area contributed by atoms with Gasteiger partial charge in [-0.25, -0.2) is 0 Å². The third-order valence-electron chi connectivity index (χ3n) is 1.51. The largest absolute Gasteiger partial charge is 1.00 e. The number of pyridine rings is 1. The fourth-order valence-electron chi connectivity index (χ4n) is 1.02. The van der Waals surface area contributed by atoms with E-state index in [1.807, 2.05) is 30.5 Å². The molecule has 58 valence electrons. The van der Waals surface area contributed by atoms with E-state index in [9.17, 15) is 0 Å². The van der Waals surface area contributed by atoms with Crippen molar-refractivity contribution < 1.29 is 22.4 Å². The number of fused-ring (bicyclic) bond motifs is 1. The van der Waals surface area contributed by atoms with Gasteiger partial charge < -0.3 is 0 Å². The summed E-state index contributed by atoms with van der Waals surface area (Å²) in [6, 6.07) is 12.1. The molecule has 0 N–H and O–H groups in total. The zero-order valence-electron chi connectivity index (χ0n) is 5.79. The van der Waals surface area contributed by atoms with Crippen LogP contribution >= 0.6 is 0 Å². The molecule has 1 aromatic carbocycles. The predicted molar refractivity (Wildman–Crippen MR) is 41.7 cm³/mol. The molecule has 0 bridgehead atoms. The van der Waals surface area contributed by atoms with Crippen LogP contribution in [0, 0.1) is 0 Å². The maximum absolute atomic E-state index is 4.18. The summed E-state index contributed by atoms with van der Waals surface area (Å²) in [5.74, 6) is 0. The first kappa shape index (κ1) is 8.47. The molecule has 0 amide bonds. The number of nitrogens with zero attached hydrogens (tertiary/aromatic N) is 1. The van der Waals surface area contributed by atoms with Gasteiger partial charge >= 0.3 is 22.4 Å². The van der Waals surface area contributed by atoms with Gasteiger partial charge in [0.25, 0.3) is 0 Å². The number of benzene rings is 1. The average molecular weight is 237 g/mol. The topological polar surface area (TPSA) is 12.9 Å². The molecule has 0 aliphatic carbocycles. The predicted octanol–water partition coefficient (Wildman–Crippen LogP) is 2.23. The van der Waals surface area contributed by atoms with Crippen molar-refractivity contribution in [3.63, 3.8) is 0 Å². The van der Waals surface area contributed by atoms with Crippen molar-refractivity contribution in [2.45, 2.75) is 0 Å². The van der Waals surface area contributed by atoms with Crippen molar-refractivity contribution in [3.05, 3.63) is 42.6 Å². The van der Waals surface area contributed by atoms with Crippen LogP contribution in [-0.4, -0.2) is 4.98 Å². The molecule has 11 heavy (non-hydrogen) atoms. The van der Waals surface area contributed by atoms with Crippen LogP contribution in [0.4, 0.5) is 0 Å². The van der Waals surface area contributed by atoms with Gasteiger partial charge in [-0.15, -0.1) is 0 Å². The molecule has 1 nitrogen and oxygen atoms in total. The molecule has 2 aromatic rings. The van der Waals surface area contributed by atoms with Gasteiger partial charge in [0, 0.05) is 11.6 Å². The van der Waals surface area contributed by atoms with Crippen LogP contribution in [0.5, 0.6) is 0 Å². The smallest absolute Gasteiger partial charge is 0.256 e. The zero-order chi connectivity index (χ0) is 6.81. The molecule has 0 atom stereocenters. The van der Waals surface area contributed by atoms with E-state index in [-0.39, 0.29) is 22.4 Å². The van der Waals surface area contributed by atoms with E-state index in [0.29, 0.717) is 0 Å². The number of para-hydroxylation sites is 1. The van der Waals surface area contributed by atoms with Crippen LogP contribution < -0.4 is 0 Å². The quantitative estimate of drug-likeness (QED) is 0.640. The van der Waals surface area contributed by atoms with Gasteiger partial charge in [-0.2, -0.15) is 0 Å². The summed E-state index contributed by atoms with van der Waals surface area (Å²) in [5.41, 5.74) is 1.06. The van der Waals surface area contributed by atoms with Gasteiger partial charge in [0.1, 0.15) is 0 Å². The average Bonchev–Trinajstić information content (AvgIpc) is 2.05.